The topological polar surface area (TPSA) is 34.1 Å². The molecule has 0 rings (SSSR count). The molecule has 25 valence electrons. The Morgan fingerprint density at radius 1 is 1.25 bits per heavy atom. The fourth-order valence-electron chi connectivity index (χ4n) is 0. The van der Waals surface area contributed by atoms with Gasteiger partial charge in [-0.2, -0.15) is 0 Å². The predicted octanol–water partition coefficient (Wildman–Crippen LogP) is -0.621. The molecule has 0 atom stereocenters. The second-order valence-electron chi connectivity index (χ2n) is 0.0556. The second-order valence-corrected chi connectivity index (χ2v) is 0.229. The molecular weight excluding hydrogens is 119 g/mol. The van der Waals surface area contributed by atoms with Crippen LogP contribution in [0.2, 0.25) is 0 Å². The molecule has 0 saturated heterocycles. The van der Waals surface area contributed by atoms with Crippen LogP contribution in [0.4, 0.5) is 0 Å². The second kappa shape index (κ2) is 10.2. The van der Waals surface area contributed by atoms with Gasteiger partial charge in [0.1, 0.15) is 0 Å². The van der Waals surface area contributed by atoms with Crippen molar-refractivity contribution in [2.75, 3.05) is 0 Å². The minimum atomic E-state index is -1.06. The third kappa shape index (κ3) is 38.9. The molecule has 0 N–H and O–H groups in total. The summed E-state index contributed by atoms with van der Waals surface area (Å²) in [7, 11) is 0. The molecule has 0 bridgehead atoms. The summed E-state index contributed by atoms with van der Waals surface area (Å²) in [6.07, 6.45) is 0. The summed E-state index contributed by atoms with van der Waals surface area (Å²) in [5.74, 6) is 0. The first kappa shape index (κ1) is 8.85. The summed E-state index contributed by atoms with van der Waals surface area (Å²) < 4.78 is 16.7. The van der Waals surface area contributed by atoms with Gasteiger partial charge in [0.05, 0.1) is 0 Å². The molecule has 2 nitrogen and oxygen atoms in total. The Morgan fingerprint density at radius 3 is 1.25 bits per heavy atom. The van der Waals surface area contributed by atoms with Crippen LogP contribution in [0.5, 0.6) is 0 Å². The van der Waals surface area contributed by atoms with Crippen molar-refractivity contribution in [3.63, 3.8) is 0 Å². The Labute approximate surface area is 34.0 Å². The fraction of sp³-hybridized carbons (Fsp3) is 0. The van der Waals surface area contributed by atoms with E-state index in [9.17, 15) is 0 Å². The molecule has 0 fully saturated rings. The van der Waals surface area contributed by atoms with Crippen LogP contribution in [-0.2, 0) is 22.3 Å². The molecule has 0 spiro atoms. The smallest absolute Gasteiger partial charge is 0 e. The first-order valence-corrected chi connectivity index (χ1v) is 1.12. The third-order valence-corrected chi connectivity index (χ3v) is 0. The van der Waals surface area contributed by atoms with Gasteiger partial charge in [0.15, 0.2) is 0 Å². The van der Waals surface area contributed by atoms with Gasteiger partial charge in [-0.25, -0.2) is 0 Å². The van der Waals surface area contributed by atoms with Crippen LogP contribution in [0.25, 0.3) is 0 Å². The molecule has 0 amide bonds. The standard InChI is InChI=1S/Co.2O.Si. The minimum Gasteiger partial charge on any atom is 0 e. The SMILES string of the molecule is [O]=[Co]=[O].[Si]. The summed E-state index contributed by atoms with van der Waals surface area (Å²) in [5.41, 5.74) is 0. The minimum absolute atomic E-state index is 0. The summed E-state index contributed by atoms with van der Waals surface area (Å²) >= 11 is -1.06. The molecule has 4 radical (unpaired) electrons. The first-order valence-electron chi connectivity index (χ1n) is 0.272. The zero-order valence-electron chi connectivity index (χ0n) is 1.65. The van der Waals surface area contributed by atoms with Crippen LogP contribution in [0.3, 0.4) is 0 Å². The Bertz CT molecular complexity index is 27.0. The van der Waals surface area contributed by atoms with Gasteiger partial charge in [-0.1, -0.05) is 0 Å². The zero-order valence-corrected chi connectivity index (χ0v) is 3.69. The average Bonchev–Trinajstić information content (AvgIpc) is 0.918. The van der Waals surface area contributed by atoms with Crippen molar-refractivity contribution in [2.24, 2.45) is 0 Å². The Morgan fingerprint density at radius 2 is 1.25 bits per heavy atom. The van der Waals surface area contributed by atoms with Crippen molar-refractivity contribution in [3.05, 3.63) is 0 Å². The third-order valence-electron chi connectivity index (χ3n) is 0. The molecule has 0 aromatic heterocycles. The molecule has 0 aromatic carbocycles. The molecule has 0 aromatic rings. The maximum absolute atomic E-state index is 8.34. The average molecular weight is 119 g/mol. The summed E-state index contributed by atoms with van der Waals surface area (Å²) in [6, 6.07) is 0. The van der Waals surface area contributed by atoms with E-state index in [-0.39, 0.29) is 11.0 Å². The molecule has 4 heteroatoms. The predicted molar refractivity (Wildman–Crippen MR) is 7.13 cm³/mol. The monoisotopic (exact) mass is 119 g/mol. The fourth-order valence-corrected chi connectivity index (χ4v) is 0. The van der Waals surface area contributed by atoms with Crippen LogP contribution in [0.1, 0.15) is 0 Å². The van der Waals surface area contributed by atoms with E-state index in [1.54, 1.807) is 0 Å². The van der Waals surface area contributed by atoms with Gasteiger partial charge in [0.2, 0.25) is 0 Å². The maximum atomic E-state index is 8.34. The van der Waals surface area contributed by atoms with E-state index < -0.39 is 14.6 Å². The number of hydrogen-bond donors (Lipinski definition) is 0. The molecule has 0 heterocycles. The van der Waals surface area contributed by atoms with E-state index in [1.807, 2.05) is 0 Å². The van der Waals surface area contributed by atoms with E-state index in [1.165, 1.54) is 0 Å². The number of hydrogen-bond acceptors (Lipinski definition) is 2. The number of rotatable bonds is 0. The first-order chi connectivity index (χ1) is 1.41. The zero-order chi connectivity index (χ0) is 2.71. The van der Waals surface area contributed by atoms with Crippen LogP contribution in [0.15, 0.2) is 0 Å². The van der Waals surface area contributed by atoms with Crippen molar-refractivity contribution >= 4 is 11.0 Å². The van der Waals surface area contributed by atoms with Crippen molar-refractivity contribution in [1.82, 2.24) is 0 Å². The van der Waals surface area contributed by atoms with Crippen LogP contribution >= 0.6 is 0 Å². The Balaban J connectivity index is 0. The normalized spacial score (nSPS) is 4.00. The van der Waals surface area contributed by atoms with Crippen LogP contribution < -0.4 is 0 Å². The van der Waals surface area contributed by atoms with Crippen molar-refractivity contribution in [2.45, 2.75) is 0 Å². The van der Waals surface area contributed by atoms with E-state index in [0.717, 1.165) is 0 Å². The van der Waals surface area contributed by atoms with E-state index in [2.05, 4.69) is 0 Å². The summed E-state index contributed by atoms with van der Waals surface area (Å²) in [6.45, 7) is 0. The van der Waals surface area contributed by atoms with Crippen molar-refractivity contribution in [1.29, 1.82) is 0 Å². The molecule has 0 aliphatic carbocycles. The molecule has 0 saturated carbocycles. The van der Waals surface area contributed by atoms with Gasteiger partial charge in [-0.15, -0.1) is 0 Å². The summed E-state index contributed by atoms with van der Waals surface area (Å²) in [4.78, 5) is 0. The summed E-state index contributed by atoms with van der Waals surface area (Å²) in [5, 5.41) is 0. The molecular formula is CoO2Si. The molecule has 0 aliphatic rings. The quantitative estimate of drug-likeness (QED) is 0.398. The molecule has 0 unspecified atom stereocenters. The van der Waals surface area contributed by atoms with Gasteiger partial charge >= 0.3 is 22.3 Å². The van der Waals surface area contributed by atoms with Crippen molar-refractivity contribution in [3.8, 4) is 0 Å². The molecule has 4 heavy (non-hydrogen) atoms. The van der Waals surface area contributed by atoms with Crippen LogP contribution in [0, 0.1) is 0 Å². The van der Waals surface area contributed by atoms with Gasteiger partial charge in [0.25, 0.3) is 0 Å². The van der Waals surface area contributed by atoms with E-state index >= 15 is 0 Å². The van der Waals surface area contributed by atoms with Crippen LogP contribution in [-0.4, -0.2) is 11.0 Å². The van der Waals surface area contributed by atoms with E-state index in [4.69, 9.17) is 7.73 Å². The Kier molecular flexibility index (Phi) is 22.7. The Hall–Kier alpha value is 0.323. The molecule has 0 aliphatic heterocycles. The maximum Gasteiger partial charge on any atom is 0 e. The largest absolute Gasteiger partial charge is 0 e. The van der Waals surface area contributed by atoms with Gasteiger partial charge in [-0.3, -0.25) is 0 Å². The van der Waals surface area contributed by atoms with Gasteiger partial charge < -0.3 is 0 Å². The van der Waals surface area contributed by atoms with E-state index in [0.29, 0.717) is 0 Å². The van der Waals surface area contributed by atoms with Gasteiger partial charge in [0, 0.05) is 11.0 Å². The van der Waals surface area contributed by atoms with Gasteiger partial charge in [-0.05, 0) is 0 Å². The van der Waals surface area contributed by atoms with Crippen molar-refractivity contribution < 1.29 is 22.3 Å².